The van der Waals surface area contributed by atoms with Gasteiger partial charge in [-0.1, -0.05) is 24.3 Å². The van der Waals surface area contributed by atoms with Crippen LogP contribution in [0.2, 0.25) is 0 Å². The molecule has 1 saturated heterocycles. The smallest absolute Gasteiger partial charge is 0.260 e. The number of benzene rings is 2. The molecule has 0 unspecified atom stereocenters. The van der Waals surface area contributed by atoms with Gasteiger partial charge in [0.15, 0.2) is 18.1 Å². The van der Waals surface area contributed by atoms with E-state index in [9.17, 15) is 4.79 Å². The summed E-state index contributed by atoms with van der Waals surface area (Å²) >= 11 is 0. The van der Waals surface area contributed by atoms with Gasteiger partial charge in [0.2, 0.25) is 5.75 Å². The maximum atomic E-state index is 12.7. The van der Waals surface area contributed by atoms with Crippen molar-refractivity contribution in [1.82, 2.24) is 9.88 Å². The lowest BCUT2D eigenvalue weighted by molar-refractivity contribution is -0.134. The fourth-order valence-corrected chi connectivity index (χ4v) is 4.06. The van der Waals surface area contributed by atoms with Crippen molar-refractivity contribution in [2.24, 2.45) is 0 Å². The van der Waals surface area contributed by atoms with E-state index in [0.29, 0.717) is 30.3 Å². The summed E-state index contributed by atoms with van der Waals surface area (Å²) < 4.78 is 16.4. The molecule has 0 radical (unpaired) electrons. The second-order valence-corrected chi connectivity index (χ2v) is 7.59. The number of ether oxygens (including phenoxy) is 3. The quantitative estimate of drug-likeness (QED) is 0.654. The van der Waals surface area contributed by atoms with Gasteiger partial charge in [0.1, 0.15) is 0 Å². The Labute approximate surface area is 181 Å². The number of nitrogens with two attached hydrogens (primary N) is 1. The molecule has 2 aromatic carbocycles. The van der Waals surface area contributed by atoms with Gasteiger partial charge in [-0.3, -0.25) is 9.78 Å². The van der Waals surface area contributed by atoms with E-state index < -0.39 is 0 Å². The molecule has 0 saturated carbocycles. The molecular formula is C24H27N3O4. The summed E-state index contributed by atoms with van der Waals surface area (Å²) in [5.74, 6) is 1.67. The zero-order valence-corrected chi connectivity index (χ0v) is 17.8. The van der Waals surface area contributed by atoms with Crippen LogP contribution in [0.3, 0.4) is 0 Å². The molecule has 7 heteroatoms. The van der Waals surface area contributed by atoms with E-state index >= 15 is 0 Å². The number of carbonyl (C=O) groups is 1. The third-order valence-corrected chi connectivity index (χ3v) is 5.74. The molecule has 2 N–H and O–H groups in total. The van der Waals surface area contributed by atoms with E-state index in [2.05, 4.69) is 0 Å². The van der Waals surface area contributed by atoms with Gasteiger partial charge in [0.25, 0.3) is 5.91 Å². The lowest BCUT2D eigenvalue weighted by Gasteiger charge is -2.32. The van der Waals surface area contributed by atoms with Crippen molar-refractivity contribution in [1.29, 1.82) is 0 Å². The van der Waals surface area contributed by atoms with E-state index in [4.69, 9.17) is 24.9 Å². The Kier molecular flexibility index (Phi) is 6.11. The van der Waals surface area contributed by atoms with Crippen molar-refractivity contribution in [3.8, 4) is 17.2 Å². The van der Waals surface area contributed by atoms with Crippen LogP contribution in [-0.2, 0) is 4.79 Å². The molecule has 0 spiro atoms. The number of methoxy groups -OCH3 is 2. The van der Waals surface area contributed by atoms with E-state index in [-0.39, 0.29) is 18.4 Å². The molecule has 1 aromatic heterocycles. The number of anilines is 1. The summed E-state index contributed by atoms with van der Waals surface area (Å²) in [5, 5.41) is 1.04. The van der Waals surface area contributed by atoms with Crippen LogP contribution in [0.4, 0.5) is 5.69 Å². The monoisotopic (exact) mass is 421 g/mol. The molecule has 3 aromatic rings. The number of aromatic nitrogens is 1. The highest BCUT2D eigenvalue weighted by atomic mass is 16.5. The molecule has 0 aliphatic carbocycles. The molecule has 1 fully saturated rings. The molecular weight excluding hydrogens is 394 g/mol. The summed E-state index contributed by atoms with van der Waals surface area (Å²) in [4.78, 5) is 19.4. The van der Waals surface area contributed by atoms with E-state index in [1.165, 1.54) is 0 Å². The van der Waals surface area contributed by atoms with Gasteiger partial charge in [-0.05, 0) is 37.1 Å². The first-order valence-electron chi connectivity index (χ1n) is 10.4. The minimum absolute atomic E-state index is 0.0640. The number of fused-ring (bicyclic) bond motifs is 1. The lowest BCUT2D eigenvalue weighted by atomic mass is 9.91. The first kappa shape index (κ1) is 20.8. The molecule has 4 rings (SSSR count). The van der Waals surface area contributed by atoms with E-state index in [1.54, 1.807) is 26.4 Å². The first-order chi connectivity index (χ1) is 15.1. The number of hydrogen-bond acceptors (Lipinski definition) is 6. The summed E-state index contributed by atoms with van der Waals surface area (Å²) in [6.07, 6.45) is 1.64. The zero-order chi connectivity index (χ0) is 21.8. The molecule has 0 bridgehead atoms. The van der Waals surface area contributed by atoms with Crippen molar-refractivity contribution >= 4 is 22.5 Å². The third-order valence-electron chi connectivity index (χ3n) is 5.74. The van der Waals surface area contributed by atoms with Crippen LogP contribution in [0.15, 0.2) is 48.5 Å². The Balaban J connectivity index is 1.38. The Morgan fingerprint density at radius 1 is 1.06 bits per heavy atom. The van der Waals surface area contributed by atoms with Gasteiger partial charge < -0.3 is 24.8 Å². The average molecular weight is 421 g/mol. The predicted molar refractivity (Wildman–Crippen MR) is 120 cm³/mol. The van der Waals surface area contributed by atoms with Crippen molar-refractivity contribution < 1.29 is 19.0 Å². The summed E-state index contributed by atoms with van der Waals surface area (Å²) in [6.45, 7) is 1.21. The minimum Gasteiger partial charge on any atom is -0.493 e. The topological polar surface area (TPSA) is 86.9 Å². The third kappa shape index (κ3) is 4.35. The van der Waals surface area contributed by atoms with Crippen molar-refractivity contribution in [3.63, 3.8) is 0 Å². The number of para-hydroxylation sites is 2. The SMILES string of the molecule is COc1cccc(OC)c1OCC(=O)N1CCC(c2nc3ccccc3cc2N)CC1. The number of amides is 1. The summed E-state index contributed by atoms with van der Waals surface area (Å²) in [6, 6.07) is 15.3. The molecule has 7 nitrogen and oxygen atoms in total. The zero-order valence-electron chi connectivity index (χ0n) is 17.8. The van der Waals surface area contributed by atoms with Crippen molar-refractivity contribution in [2.75, 3.05) is 39.6 Å². The first-order valence-corrected chi connectivity index (χ1v) is 10.4. The Morgan fingerprint density at radius 2 is 1.74 bits per heavy atom. The fraction of sp³-hybridized carbons (Fsp3) is 0.333. The Bertz CT molecular complexity index is 1060. The Hall–Kier alpha value is -3.48. The summed E-state index contributed by atoms with van der Waals surface area (Å²) in [7, 11) is 3.11. The molecule has 31 heavy (non-hydrogen) atoms. The van der Waals surface area contributed by atoms with Crippen LogP contribution >= 0.6 is 0 Å². The van der Waals surface area contributed by atoms with Gasteiger partial charge in [0.05, 0.1) is 31.1 Å². The molecule has 162 valence electrons. The molecule has 2 heterocycles. The number of carbonyl (C=O) groups excluding carboxylic acids is 1. The number of hydrogen-bond donors (Lipinski definition) is 1. The maximum Gasteiger partial charge on any atom is 0.260 e. The fourth-order valence-electron chi connectivity index (χ4n) is 4.06. The van der Waals surface area contributed by atoms with Gasteiger partial charge in [0, 0.05) is 24.4 Å². The van der Waals surface area contributed by atoms with Crippen LogP contribution in [0.5, 0.6) is 17.2 Å². The number of nitrogen functional groups attached to an aromatic ring is 1. The van der Waals surface area contributed by atoms with Crippen molar-refractivity contribution in [2.45, 2.75) is 18.8 Å². The number of nitrogens with zero attached hydrogens (tertiary/aromatic N) is 2. The molecule has 1 amide bonds. The lowest BCUT2D eigenvalue weighted by Crippen LogP contribution is -2.40. The molecule has 0 atom stereocenters. The maximum absolute atomic E-state index is 12.7. The molecule has 1 aliphatic heterocycles. The second kappa shape index (κ2) is 9.12. The predicted octanol–water partition coefficient (Wildman–Crippen LogP) is 3.62. The second-order valence-electron chi connectivity index (χ2n) is 7.59. The van der Waals surface area contributed by atoms with Crippen LogP contribution in [0.25, 0.3) is 10.9 Å². The van der Waals surface area contributed by atoms with Crippen LogP contribution < -0.4 is 19.9 Å². The van der Waals surface area contributed by atoms with Gasteiger partial charge in [-0.2, -0.15) is 0 Å². The van der Waals surface area contributed by atoms with Gasteiger partial charge in [-0.15, -0.1) is 0 Å². The van der Waals surface area contributed by atoms with Gasteiger partial charge >= 0.3 is 0 Å². The normalized spacial score (nSPS) is 14.5. The largest absolute Gasteiger partial charge is 0.493 e. The standard InChI is InChI=1S/C24H27N3O4/c1-29-20-8-5-9-21(30-2)24(20)31-15-22(28)27-12-10-16(11-13-27)23-18(25)14-17-6-3-4-7-19(17)26-23/h3-9,14,16H,10-13,15,25H2,1-2H3. The number of piperidine rings is 1. The minimum atomic E-state index is -0.0717. The number of pyridine rings is 1. The van der Waals surface area contributed by atoms with Crippen molar-refractivity contribution in [3.05, 3.63) is 54.2 Å². The van der Waals surface area contributed by atoms with Crippen LogP contribution in [0, 0.1) is 0 Å². The van der Waals surface area contributed by atoms with E-state index in [1.807, 2.05) is 41.3 Å². The summed E-state index contributed by atoms with van der Waals surface area (Å²) in [5.41, 5.74) is 8.89. The average Bonchev–Trinajstić information content (AvgIpc) is 2.81. The Morgan fingerprint density at radius 3 is 2.42 bits per heavy atom. The highest BCUT2D eigenvalue weighted by Crippen LogP contribution is 2.37. The highest BCUT2D eigenvalue weighted by molar-refractivity contribution is 5.82. The van der Waals surface area contributed by atoms with E-state index in [0.717, 1.165) is 35.1 Å². The highest BCUT2D eigenvalue weighted by Gasteiger charge is 2.27. The van der Waals surface area contributed by atoms with Crippen LogP contribution in [0.1, 0.15) is 24.5 Å². The number of rotatable bonds is 6. The number of likely N-dealkylation sites (tertiary alicyclic amines) is 1. The van der Waals surface area contributed by atoms with Crippen LogP contribution in [-0.4, -0.2) is 49.7 Å². The molecule has 1 aliphatic rings. The van der Waals surface area contributed by atoms with Gasteiger partial charge in [-0.25, -0.2) is 0 Å².